The molecule has 2 N–H and O–H groups in total. The van der Waals surface area contributed by atoms with Crippen molar-refractivity contribution in [2.45, 2.75) is 0 Å². The van der Waals surface area contributed by atoms with Crippen molar-refractivity contribution in [1.29, 1.82) is 0 Å². The van der Waals surface area contributed by atoms with E-state index in [1.54, 1.807) is 24.3 Å². The third-order valence-electron chi connectivity index (χ3n) is 2.53. The Morgan fingerprint density at radius 2 is 2.00 bits per heavy atom. The first-order valence-electron chi connectivity index (χ1n) is 5.51. The molecule has 0 spiro atoms. The van der Waals surface area contributed by atoms with Crippen LogP contribution in [0, 0.1) is 10.1 Å². The van der Waals surface area contributed by atoms with Crippen LogP contribution < -0.4 is 5.32 Å². The van der Waals surface area contributed by atoms with Crippen LogP contribution in [0.25, 0.3) is 0 Å². The molecule has 6 nitrogen and oxygen atoms in total. The SMILES string of the molecule is O=C(Nc1cc([N+](=O)[O-])ccc1O)c1cccc(Br)c1. The summed E-state index contributed by atoms with van der Waals surface area (Å²) in [6.45, 7) is 0. The molecule has 0 atom stereocenters. The Hall–Kier alpha value is -2.41. The quantitative estimate of drug-likeness (QED) is 0.510. The first kappa shape index (κ1) is 14.0. The summed E-state index contributed by atoms with van der Waals surface area (Å²) >= 11 is 3.24. The zero-order valence-corrected chi connectivity index (χ0v) is 11.6. The molecule has 0 saturated heterocycles. The highest BCUT2D eigenvalue weighted by molar-refractivity contribution is 9.10. The first-order valence-corrected chi connectivity index (χ1v) is 6.31. The highest BCUT2D eigenvalue weighted by atomic mass is 79.9. The van der Waals surface area contributed by atoms with Gasteiger partial charge < -0.3 is 10.4 Å². The predicted molar refractivity (Wildman–Crippen MR) is 76.9 cm³/mol. The second kappa shape index (κ2) is 5.70. The van der Waals surface area contributed by atoms with Gasteiger partial charge in [0.2, 0.25) is 0 Å². The zero-order valence-electron chi connectivity index (χ0n) is 10.0. The number of amides is 1. The molecule has 0 saturated carbocycles. The highest BCUT2D eigenvalue weighted by Gasteiger charge is 2.13. The summed E-state index contributed by atoms with van der Waals surface area (Å²) < 4.78 is 0.730. The molecule has 20 heavy (non-hydrogen) atoms. The minimum atomic E-state index is -0.603. The smallest absolute Gasteiger partial charge is 0.271 e. The van der Waals surface area contributed by atoms with E-state index in [0.29, 0.717) is 5.56 Å². The summed E-state index contributed by atoms with van der Waals surface area (Å²) in [5.41, 5.74) is 0.141. The van der Waals surface area contributed by atoms with Crippen LogP contribution in [0.4, 0.5) is 11.4 Å². The molecular formula is C13H9BrN2O4. The van der Waals surface area contributed by atoms with E-state index in [9.17, 15) is 20.0 Å². The highest BCUT2D eigenvalue weighted by Crippen LogP contribution is 2.28. The van der Waals surface area contributed by atoms with Crippen molar-refractivity contribution in [2.75, 3.05) is 5.32 Å². The lowest BCUT2D eigenvalue weighted by Gasteiger charge is -2.07. The summed E-state index contributed by atoms with van der Waals surface area (Å²) in [5, 5.41) is 22.7. The Morgan fingerprint density at radius 1 is 1.25 bits per heavy atom. The normalized spacial score (nSPS) is 10.1. The molecule has 0 bridgehead atoms. The van der Waals surface area contributed by atoms with Crippen LogP contribution in [0.15, 0.2) is 46.9 Å². The van der Waals surface area contributed by atoms with E-state index in [1.807, 2.05) is 0 Å². The Bertz CT molecular complexity index is 688. The third kappa shape index (κ3) is 3.12. The van der Waals surface area contributed by atoms with Crippen molar-refractivity contribution >= 4 is 33.2 Å². The number of phenols is 1. The summed E-state index contributed by atoms with van der Waals surface area (Å²) in [4.78, 5) is 22.1. The molecule has 0 aliphatic rings. The van der Waals surface area contributed by atoms with Crippen LogP contribution in [0.3, 0.4) is 0 Å². The predicted octanol–water partition coefficient (Wildman–Crippen LogP) is 3.32. The Balaban J connectivity index is 2.27. The van der Waals surface area contributed by atoms with Crippen molar-refractivity contribution in [3.63, 3.8) is 0 Å². The number of hydrogen-bond acceptors (Lipinski definition) is 4. The first-order chi connectivity index (χ1) is 9.47. The Kier molecular flexibility index (Phi) is 3.99. The molecule has 102 valence electrons. The second-order valence-corrected chi connectivity index (χ2v) is 4.84. The van der Waals surface area contributed by atoms with Crippen LogP contribution in [-0.4, -0.2) is 15.9 Å². The summed E-state index contributed by atoms with van der Waals surface area (Å²) in [7, 11) is 0. The molecule has 2 rings (SSSR count). The van der Waals surface area contributed by atoms with Gasteiger partial charge in [-0.1, -0.05) is 22.0 Å². The van der Waals surface area contributed by atoms with Crippen molar-refractivity contribution in [3.8, 4) is 5.75 Å². The molecule has 1 amide bonds. The van der Waals surface area contributed by atoms with Gasteiger partial charge in [-0.3, -0.25) is 14.9 Å². The molecular weight excluding hydrogens is 328 g/mol. The standard InChI is InChI=1S/C13H9BrN2O4/c14-9-3-1-2-8(6-9)13(18)15-11-7-10(16(19)20)4-5-12(11)17/h1-7,17H,(H,15,18). The summed E-state index contributed by atoms with van der Waals surface area (Å²) in [5.74, 6) is -0.707. The number of rotatable bonds is 3. The van der Waals surface area contributed by atoms with Crippen LogP contribution in [0.1, 0.15) is 10.4 Å². The number of carbonyl (C=O) groups excluding carboxylic acids is 1. The minimum Gasteiger partial charge on any atom is -0.506 e. The van der Waals surface area contributed by atoms with E-state index < -0.39 is 10.8 Å². The fraction of sp³-hybridized carbons (Fsp3) is 0. The third-order valence-corrected chi connectivity index (χ3v) is 3.02. The van der Waals surface area contributed by atoms with Gasteiger partial charge in [0.25, 0.3) is 11.6 Å². The van der Waals surface area contributed by atoms with E-state index in [0.717, 1.165) is 22.7 Å². The van der Waals surface area contributed by atoms with Gasteiger partial charge in [-0.15, -0.1) is 0 Å². The van der Waals surface area contributed by atoms with Gasteiger partial charge in [0.15, 0.2) is 0 Å². The number of nitrogens with zero attached hydrogens (tertiary/aromatic N) is 1. The lowest BCUT2D eigenvalue weighted by molar-refractivity contribution is -0.384. The number of halogens is 1. The van der Waals surface area contributed by atoms with Crippen LogP contribution in [-0.2, 0) is 0 Å². The van der Waals surface area contributed by atoms with Gasteiger partial charge in [0, 0.05) is 22.2 Å². The maximum atomic E-state index is 12.0. The zero-order chi connectivity index (χ0) is 14.7. The number of nitrogens with one attached hydrogen (secondary N) is 1. The monoisotopic (exact) mass is 336 g/mol. The van der Waals surface area contributed by atoms with Gasteiger partial charge in [-0.05, 0) is 24.3 Å². The maximum absolute atomic E-state index is 12.0. The summed E-state index contributed by atoms with van der Waals surface area (Å²) in [6, 6.07) is 10.1. The number of aromatic hydroxyl groups is 1. The number of benzene rings is 2. The molecule has 0 radical (unpaired) electrons. The van der Waals surface area contributed by atoms with Gasteiger partial charge in [0.05, 0.1) is 10.6 Å². The molecule has 0 heterocycles. The summed E-state index contributed by atoms with van der Waals surface area (Å²) in [6.07, 6.45) is 0. The largest absolute Gasteiger partial charge is 0.506 e. The van der Waals surface area contributed by atoms with E-state index >= 15 is 0 Å². The van der Waals surface area contributed by atoms with E-state index in [-0.39, 0.29) is 17.1 Å². The van der Waals surface area contributed by atoms with E-state index in [1.165, 1.54) is 0 Å². The van der Waals surface area contributed by atoms with Crippen LogP contribution in [0.5, 0.6) is 5.75 Å². The fourth-order valence-corrected chi connectivity index (χ4v) is 1.96. The average Bonchev–Trinajstić information content (AvgIpc) is 2.41. The van der Waals surface area contributed by atoms with Gasteiger partial charge >= 0.3 is 0 Å². The average molecular weight is 337 g/mol. The molecule has 0 aliphatic heterocycles. The lowest BCUT2D eigenvalue weighted by atomic mass is 10.2. The number of phenolic OH excluding ortho intramolecular Hbond substituents is 1. The number of nitro benzene ring substituents is 1. The number of nitro groups is 1. The van der Waals surface area contributed by atoms with Crippen LogP contribution >= 0.6 is 15.9 Å². The second-order valence-electron chi connectivity index (χ2n) is 3.92. The van der Waals surface area contributed by atoms with Crippen molar-refractivity contribution in [1.82, 2.24) is 0 Å². The Labute approximate surface area is 122 Å². The van der Waals surface area contributed by atoms with Crippen LogP contribution in [0.2, 0.25) is 0 Å². The molecule has 0 fully saturated rings. The number of non-ortho nitro benzene ring substituents is 1. The number of anilines is 1. The van der Waals surface area contributed by atoms with Crippen molar-refractivity contribution in [3.05, 3.63) is 62.6 Å². The minimum absolute atomic E-state index is 0.0100. The Morgan fingerprint density at radius 3 is 2.65 bits per heavy atom. The lowest BCUT2D eigenvalue weighted by Crippen LogP contribution is -2.12. The topological polar surface area (TPSA) is 92.5 Å². The van der Waals surface area contributed by atoms with Gasteiger partial charge in [-0.25, -0.2) is 0 Å². The molecule has 0 aliphatic carbocycles. The van der Waals surface area contributed by atoms with Gasteiger partial charge in [0.1, 0.15) is 5.75 Å². The molecule has 2 aromatic carbocycles. The van der Waals surface area contributed by atoms with Crippen molar-refractivity contribution in [2.24, 2.45) is 0 Å². The number of carbonyl (C=O) groups is 1. The van der Waals surface area contributed by atoms with E-state index in [4.69, 9.17) is 0 Å². The van der Waals surface area contributed by atoms with E-state index in [2.05, 4.69) is 21.2 Å². The maximum Gasteiger partial charge on any atom is 0.271 e. The fourth-order valence-electron chi connectivity index (χ4n) is 1.56. The van der Waals surface area contributed by atoms with Crippen molar-refractivity contribution < 1.29 is 14.8 Å². The van der Waals surface area contributed by atoms with Gasteiger partial charge in [-0.2, -0.15) is 0 Å². The molecule has 0 unspecified atom stereocenters. The molecule has 0 aromatic heterocycles. The number of hydrogen-bond donors (Lipinski definition) is 2. The molecule has 7 heteroatoms. The molecule has 2 aromatic rings.